The van der Waals surface area contributed by atoms with Gasteiger partial charge in [-0.05, 0) is 24.9 Å². The summed E-state index contributed by atoms with van der Waals surface area (Å²) in [5, 5.41) is 2.97. The van der Waals surface area contributed by atoms with Crippen molar-refractivity contribution in [2.24, 2.45) is 5.73 Å². The Kier molecular flexibility index (Phi) is 12.1. The van der Waals surface area contributed by atoms with E-state index in [9.17, 15) is 4.79 Å². The molecule has 1 saturated heterocycles. The highest BCUT2D eigenvalue weighted by Gasteiger charge is 2.23. The third-order valence-electron chi connectivity index (χ3n) is 4.17. The van der Waals surface area contributed by atoms with Crippen molar-refractivity contribution in [3.63, 3.8) is 0 Å². The van der Waals surface area contributed by atoms with Crippen LogP contribution in [0.1, 0.15) is 24.8 Å². The molecule has 1 fully saturated rings. The Hall–Kier alpha value is -0.850. The van der Waals surface area contributed by atoms with Gasteiger partial charge in [0.1, 0.15) is 6.04 Å². The molecule has 1 aromatic carbocycles. The van der Waals surface area contributed by atoms with Crippen molar-refractivity contribution < 1.29 is 9.53 Å². The molecule has 0 radical (unpaired) electrons. The number of ether oxygens (including phenoxy) is 1. The second-order valence-corrected chi connectivity index (χ2v) is 5.91. The highest BCUT2D eigenvalue weighted by atomic mass is 35.5. The number of nitrogens with two attached hydrogens (primary N) is 1. The fourth-order valence-electron chi connectivity index (χ4n) is 2.92. The van der Waals surface area contributed by atoms with Gasteiger partial charge in [0, 0.05) is 26.2 Å². The van der Waals surface area contributed by atoms with E-state index in [0.29, 0.717) is 12.6 Å². The Bertz CT molecular complexity index is 462. The van der Waals surface area contributed by atoms with Gasteiger partial charge in [-0.3, -0.25) is 9.69 Å². The van der Waals surface area contributed by atoms with E-state index in [1.807, 2.05) is 6.07 Å². The Morgan fingerprint density at radius 2 is 2.04 bits per heavy atom. The van der Waals surface area contributed by atoms with Crippen molar-refractivity contribution >= 4 is 30.7 Å². The molecule has 1 heterocycles. The van der Waals surface area contributed by atoms with Crippen LogP contribution in [-0.2, 0) is 16.1 Å². The Labute approximate surface area is 157 Å². The van der Waals surface area contributed by atoms with Gasteiger partial charge in [-0.1, -0.05) is 36.8 Å². The standard InChI is InChI=1S/C17H27N3O2.2ClH/c1-22-13-16(18)17(21)19-11-15-9-5-6-10-20(15)12-14-7-3-2-4-8-14;;/h2-4,7-8,15-16H,5-6,9-13,18H2,1H3,(H,19,21);2*1H. The van der Waals surface area contributed by atoms with Crippen LogP contribution in [0, 0.1) is 0 Å². The minimum absolute atomic E-state index is 0. The van der Waals surface area contributed by atoms with Crippen LogP contribution in [0.4, 0.5) is 0 Å². The van der Waals surface area contributed by atoms with Gasteiger partial charge in [0.05, 0.1) is 6.61 Å². The zero-order valence-corrected chi connectivity index (χ0v) is 15.8. The number of hydrogen-bond donors (Lipinski definition) is 2. The summed E-state index contributed by atoms with van der Waals surface area (Å²) < 4.78 is 4.92. The lowest BCUT2D eigenvalue weighted by Crippen LogP contribution is -2.50. The van der Waals surface area contributed by atoms with E-state index in [-0.39, 0.29) is 37.3 Å². The van der Waals surface area contributed by atoms with E-state index in [2.05, 4.69) is 34.5 Å². The first-order valence-electron chi connectivity index (χ1n) is 8.01. The number of piperidine rings is 1. The van der Waals surface area contributed by atoms with Crippen LogP contribution >= 0.6 is 24.8 Å². The molecule has 0 saturated carbocycles. The summed E-state index contributed by atoms with van der Waals surface area (Å²) in [5.74, 6) is -0.132. The van der Waals surface area contributed by atoms with Gasteiger partial charge in [-0.25, -0.2) is 0 Å². The average Bonchev–Trinajstić information content (AvgIpc) is 2.55. The largest absolute Gasteiger partial charge is 0.383 e. The fraction of sp³-hybridized carbons (Fsp3) is 0.588. The summed E-state index contributed by atoms with van der Waals surface area (Å²) in [7, 11) is 1.55. The molecule has 7 heteroatoms. The molecule has 5 nitrogen and oxygen atoms in total. The first-order chi connectivity index (χ1) is 10.7. The number of rotatable bonds is 7. The molecule has 2 atom stereocenters. The van der Waals surface area contributed by atoms with Crippen LogP contribution in [0.3, 0.4) is 0 Å². The second-order valence-electron chi connectivity index (χ2n) is 5.91. The molecule has 24 heavy (non-hydrogen) atoms. The van der Waals surface area contributed by atoms with Gasteiger partial charge in [0.15, 0.2) is 0 Å². The van der Waals surface area contributed by atoms with Crippen molar-refractivity contribution in [1.29, 1.82) is 0 Å². The highest BCUT2D eigenvalue weighted by molar-refractivity contribution is 5.85. The molecule has 1 amide bonds. The molecular formula is C17H29Cl2N3O2. The summed E-state index contributed by atoms with van der Waals surface area (Å²) in [6.07, 6.45) is 3.56. The minimum atomic E-state index is -0.587. The summed E-state index contributed by atoms with van der Waals surface area (Å²) in [6, 6.07) is 10.3. The quantitative estimate of drug-likeness (QED) is 0.762. The van der Waals surface area contributed by atoms with E-state index in [1.165, 1.54) is 18.4 Å². The number of nitrogens with zero attached hydrogens (tertiary/aromatic N) is 1. The Morgan fingerprint density at radius 1 is 1.33 bits per heavy atom. The van der Waals surface area contributed by atoms with Gasteiger partial charge >= 0.3 is 0 Å². The summed E-state index contributed by atoms with van der Waals surface area (Å²) in [4.78, 5) is 14.4. The number of likely N-dealkylation sites (tertiary alicyclic amines) is 1. The molecule has 1 aromatic rings. The van der Waals surface area contributed by atoms with E-state index >= 15 is 0 Å². The van der Waals surface area contributed by atoms with Gasteiger partial charge in [-0.15, -0.1) is 24.8 Å². The zero-order valence-electron chi connectivity index (χ0n) is 14.1. The number of carbonyl (C=O) groups is 1. The molecule has 3 N–H and O–H groups in total. The molecule has 0 spiro atoms. The van der Waals surface area contributed by atoms with Gasteiger partial charge in [0.25, 0.3) is 0 Å². The van der Waals surface area contributed by atoms with Crippen molar-refractivity contribution in [1.82, 2.24) is 10.2 Å². The summed E-state index contributed by atoms with van der Waals surface area (Å²) in [6.45, 7) is 2.93. The highest BCUT2D eigenvalue weighted by Crippen LogP contribution is 2.19. The predicted molar refractivity (Wildman–Crippen MR) is 102 cm³/mol. The number of nitrogens with one attached hydrogen (secondary N) is 1. The molecule has 0 aliphatic carbocycles. The van der Waals surface area contributed by atoms with E-state index in [0.717, 1.165) is 19.5 Å². The van der Waals surface area contributed by atoms with Gasteiger partial charge in [0.2, 0.25) is 5.91 Å². The second kappa shape index (κ2) is 12.5. The van der Waals surface area contributed by atoms with Crippen molar-refractivity contribution in [3.8, 4) is 0 Å². The van der Waals surface area contributed by atoms with Crippen molar-refractivity contribution in [3.05, 3.63) is 35.9 Å². The van der Waals surface area contributed by atoms with Crippen LogP contribution in [0.5, 0.6) is 0 Å². The maximum absolute atomic E-state index is 11.9. The smallest absolute Gasteiger partial charge is 0.239 e. The van der Waals surface area contributed by atoms with Crippen molar-refractivity contribution in [2.75, 3.05) is 26.8 Å². The van der Waals surface area contributed by atoms with E-state index in [4.69, 9.17) is 10.5 Å². The lowest BCUT2D eigenvalue weighted by molar-refractivity contribution is -0.123. The van der Waals surface area contributed by atoms with Crippen LogP contribution < -0.4 is 11.1 Å². The SMILES string of the molecule is COCC(N)C(=O)NCC1CCCCN1Cc1ccccc1.Cl.Cl. The predicted octanol–water partition coefficient (Wildman–Crippen LogP) is 1.97. The van der Waals surface area contributed by atoms with Crippen LogP contribution in [0.25, 0.3) is 0 Å². The van der Waals surface area contributed by atoms with Crippen LogP contribution in [0.2, 0.25) is 0 Å². The summed E-state index contributed by atoms with van der Waals surface area (Å²) in [5.41, 5.74) is 7.07. The first-order valence-corrected chi connectivity index (χ1v) is 8.01. The first kappa shape index (κ1) is 23.1. The maximum atomic E-state index is 11.9. The minimum Gasteiger partial charge on any atom is -0.383 e. The van der Waals surface area contributed by atoms with Crippen LogP contribution in [-0.4, -0.2) is 49.7 Å². The third kappa shape index (κ3) is 7.36. The third-order valence-corrected chi connectivity index (χ3v) is 4.17. The Morgan fingerprint density at radius 3 is 2.71 bits per heavy atom. The molecule has 1 aliphatic heterocycles. The number of carbonyl (C=O) groups excluding carboxylic acids is 1. The number of methoxy groups -OCH3 is 1. The van der Waals surface area contributed by atoms with Gasteiger partial charge in [-0.2, -0.15) is 0 Å². The van der Waals surface area contributed by atoms with Crippen LogP contribution in [0.15, 0.2) is 30.3 Å². The Balaban J connectivity index is 0.00000264. The molecule has 0 bridgehead atoms. The van der Waals surface area contributed by atoms with E-state index < -0.39 is 6.04 Å². The number of halogens is 2. The zero-order chi connectivity index (χ0) is 15.8. The molecule has 2 rings (SSSR count). The monoisotopic (exact) mass is 377 g/mol. The average molecular weight is 378 g/mol. The topological polar surface area (TPSA) is 67.6 Å². The normalized spacial score (nSPS) is 18.8. The fourth-order valence-corrected chi connectivity index (χ4v) is 2.92. The molecule has 1 aliphatic rings. The molecular weight excluding hydrogens is 349 g/mol. The van der Waals surface area contributed by atoms with Crippen molar-refractivity contribution in [2.45, 2.75) is 37.9 Å². The molecule has 2 unspecified atom stereocenters. The number of benzene rings is 1. The lowest BCUT2D eigenvalue weighted by atomic mass is 10.0. The van der Waals surface area contributed by atoms with E-state index in [1.54, 1.807) is 7.11 Å². The molecule has 138 valence electrons. The number of amides is 1. The summed E-state index contributed by atoms with van der Waals surface area (Å²) >= 11 is 0. The number of hydrogen-bond acceptors (Lipinski definition) is 4. The lowest BCUT2D eigenvalue weighted by Gasteiger charge is -2.36. The van der Waals surface area contributed by atoms with Gasteiger partial charge < -0.3 is 15.8 Å². The maximum Gasteiger partial charge on any atom is 0.239 e. The molecule has 0 aromatic heterocycles.